The molecule has 0 N–H and O–H groups in total. The van der Waals surface area contributed by atoms with Gasteiger partial charge in [-0.3, -0.25) is 4.68 Å². The first-order valence-electron chi connectivity index (χ1n) is 6.46. The fourth-order valence-corrected chi connectivity index (χ4v) is 2.78. The van der Waals surface area contributed by atoms with Crippen molar-refractivity contribution in [1.82, 2.24) is 9.78 Å². The number of nitrogens with zero attached hydrogens (tertiary/aromatic N) is 2. The summed E-state index contributed by atoms with van der Waals surface area (Å²) in [6.45, 7) is 9.08. The van der Waals surface area contributed by atoms with Crippen molar-refractivity contribution >= 4 is 10.9 Å². The number of aromatic nitrogens is 2. The molecule has 1 heterocycles. The van der Waals surface area contributed by atoms with Crippen LogP contribution in [0.15, 0.2) is 18.3 Å². The van der Waals surface area contributed by atoms with Crippen LogP contribution >= 0.6 is 0 Å². The zero-order valence-electron chi connectivity index (χ0n) is 11.1. The molecule has 0 aliphatic heterocycles. The normalized spacial score (nSPS) is 16.7. The van der Waals surface area contributed by atoms with E-state index in [2.05, 4.69) is 49.6 Å². The largest absolute Gasteiger partial charge is 0.262 e. The molecule has 17 heavy (non-hydrogen) atoms. The van der Waals surface area contributed by atoms with Gasteiger partial charge in [0.05, 0.1) is 17.8 Å². The lowest BCUT2D eigenvalue weighted by Gasteiger charge is -2.23. The minimum absolute atomic E-state index is 0.177. The van der Waals surface area contributed by atoms with Gasteiger partial charge in [0.1, 0.15) is 0 Å². The van der Waals surface area contributed by atoms with E-state index in [0.29, 0.717) is 6.04 Å². The predicted octanol–water partition coefficient (Wildman–Crippen LogP) is 3.98. The van der Waals surface area contributed by atoms with E-state index in [-0.39, 0.29) is 5.41 Å². The van der Waals surface area contributed by atoms with E-state index in [9.17, 15) is 0 Å². The van der Waals surface area contributed by atoms with Crippen molar-refractivity contribution in [1.29, 1.82) is 0 Å². The lowest BCUT2D eigenvalue weighted by atomic mass is 9.83. The van der Waals surface area contributed by atoms with Crippen LogP contribution in [0.25, 0.3) is 10.9 Å². The highest BCUT2D eigenvalue weighted by Crippen LogP contribution is 2.40. The first kappa shape index (κ1) is 10.8. The van der Waals surface area contributed by atoms with Gasteiger partial charge in [-0.2, -0.15) is 5.10 Å². The molecule has 1 aromatic carbocycles. The number of benzene rings is 1. The van der Waals surface area contributed by atoms with E-state index in [1.54, 1.807) is 0 Å². The van der Waals surface area contributed by atoms with Crippen LogP contribution in [0.2, 0.25) is 0 Å². The predicted molar refractivity (Wildman–Crippen MR) is 71.4 cm³/mol. The molecule has 0 saturated heterocycles. The Labute approximate surface area is 103 Å². The number of rotatable bonds is 1. The first-order valence-corrected chi connectivity index (χ1v) is 6.46. The van der Waals surface area contributed by atoms with Gasteiger partial charge in [-0.05, 0) is 36.3 Å². The van der Waals surface area contributed by atoms with Gasteiger partial charge in [0.2, 0.25) is 0 Å². The van der Waals surface area contributed by atoms with Gasteiger partial charge >= 0.3 is 0 Å². The quantitative estimate of drug-likeness (QED) is 0.722. The van der Waals surface area contributed by atoms with E-state index in [0.717, 1.165) is 0 Å². The van der Waals surface area contributed by atoms with Gasteiger partial charge in [-0.15, -0.1) is 0 Å². The molecule has 90 valence electrons. The fraction of sp³-hybridized carbons (Fsp3) is 0.533. The second-order valence-electron chi connectivity index (χ2n) is 6.27. The van der Waals surface area contributed by atoms with Crippen LogP contribution in [-0.4, -0.2) is 9.78 Å². The Kier molecular flexibility index (Phi) is 2.13. The maximum absolute atomic E-state index is 4.59. The molecule has 2 aromatic rings. The molecule has 0 spiro atoms. The van der Waals surface area contributed by atoms with Crippen LogP contribution in [0.5, 0.6) is 0 Å². The maximum atomic E-state index is 4.59. The number of hydrogen-bond acceptors (Lipinski definition) is 1. The monoisotopic (exact) mass is 228 g/mol. The van der Waals surface area contributed by atoms with Crippen LogP contribution in [0.1, 0.15) is 50.8 Å². The van der Waals surface area contributed by atoms with Gasteiger partial charge in [0, 0.05) is 5.39 Å². The second kappa shape index (κ2) is 3.34. The smallest absolute Gasteiger partial charge is 0.0725 e. The number of hydrogen-bond donors (Lipinski definition) is 0. The van der Waals surface area contributed by atoms with Gasteiger partial charge in [-0.1, -0.05) is 32.9 Å². The van der Waals surface area contributed by atoms with Gasteiger partial charge < -0.3 is 0 Å². The van der Waals surface area contributed by atoms with Crippen molar-refractivity contribution in [2.45, 2.75) is 52.0 Å². The van der Waals surface area contributed by atoms with Crippen molar-refractivity contribution in [3.63, 3.8) is 0 Å². The van der Waals surface area contributed by atoms with Crippen LogP contribution in [0.3, 0.4) is 0 Å². The first-order chi connectivity index (χ1) is 7.98. The van der Waals surface area contributed by atoms with E-state index in [1.807, 2.05) is 6.20 Å². The topological polar surface area (TPSA) is 17.8 Å². The Hall–Kier alpha value is -1.31. The van der Waals surface area contributed by atoms with Crippen LogP contribution in [-0.2, 0) is 5.41 Å². The SMILES string of the molecule is Cc1ccc2cnn(C3CC3)c2c1C(C)(C)C. The average Bonchev–Trinajstić information content (AvgIpc) is 2.97. The zero-order chi connectivity index (χ0) is 12.2. The van der Waals surface area contributed by atoms with Crippen LogP contribution < -0.4 is 0 Å². The third-order valence-electron chi connectivity index (χ3n) is 3.61. The van der Waals surface area contributed by atoms with Crippen LogP contribution in [0, 0.1) is 6.92 Å². The molecule has 1 fully saturated rings. The molecule has 1 saturated carbocycles. The molecule has 1 aromatic heterocycles. The van der Waals surface area contributed by atoms with E-state index in [1.165, 1.54) is 34.9 Å². The Morgan fingerprint density at radius 2 is 1.94 bits per heavy atom. The Morgan fingerprint density at radius 1 is 1.24 bits per heavy atom. The molecule has 0 atom stereocenters. The third-order valence-corrected chi connectivity index (χ3v) is 3.61. The summed E-state index contributed by atoms with van der Waals surface area (Å²) < 4.78 is 2.25. The highest BCUT2D eigenvalue weighted by Gasteiger charge is 2.29. The van der Waals surface area contributed by atoms with Crippen LogP contribution in [0.4, 0.5) is 0 Å². The number of aryl methyl sites for hydroxylation is 1. The highest BCUT2D eigenvalue weighted by molar-refractivity contribution is 5.84. The summed E-state index contributed by atoms with van der Waals surface area (Å²) >= 11 is 0. The van der Waals surface area contributed by atoms with E-state index < -0.39 is 0 Å². The molecule has 0 unspecified atom stereocenters. The standard InChI is InChI=1S/C15H20N2/c1-10-5-6-11-9-16-17(12-7-8-12)14(11)13(10)15(2,3)4/h5-6,9,12H,7-8H2,1-4H3. The lowest BCUT2D eigenvalue weighted by Crippen LogP contribution is -2.15. The average molecular weight is 228 g/mol. The van der Waals surface area contributed by atoms with Crippen molar-refractivity contribution in [2.24, 2.45) is 0 Å². The summed E-state index contributed by atoms with van der Waals surface area (Å²) in [6, 6.07) is 5.07. The Morgan fingerprint density at radius 3 is 2.53 bits per heavy atom. The molecular formula is C15H20N2. The van der Waals surface area contributed by atoms with E-state index in [4.69, 9.17) is 0 Å². The van der Waals surface area contributed by atoms with Crippen molar-refractivity contribution in [3.05, 3.63) is 29.5 Å². The summed E-state index contributed by atoms with van der Waals surface area (Å²) in [5, 5.41) is 5.87. The molecule has 0 bridgehead atoms. The summed E-state index contributed by atoms with van der Waals surface area (Å²) in [7, 11) is 0. The number of fused-ring (bicyclic) bond motifs is 1. The summed E-state index contributed by atoms with van der Waals surface area (Å²) in [5.74, 6) is 0. The molecule has 2 heteroatoms. The zero-order valence-corrected chi connectivity index (χ0v) is 11.1. The van der Waals surface area contributed by atoms with Crippen molar-refractivity contribution in [2.75, 3.05) is 0 Å². The van der Waals surface area contributed by atoms with E-state index >= 15 is 0 Å². The minimum Gasteiger partial charge on any atom is -0.262 e. The molecule has 0 amide bonds. The van der Waals surface area contributed by atoms with Gasteiger partial charge in [0.25, 0.3) is 0 Å². The second-order valence-corrected chi connectivity index (χ2v) is 6.27. The molecule has 3 rings (SSSR count). The van der Waals surface area contributed by atoms with Gasteiger partial charge in [0.15, 0.2) is 0 Å². The van der Waals surface area contributed by atoms with Crippen molar-refractivity contribution < 1.29 is 0 Å². The minimum atomic E-state index is 0.177. The molecule has 1 aliphatic carbocycles. The fourth-order valence-electron chi connectivity index (χ4n) is 2.78. The lowest BCUT2D eigenvalue weighted by molar-refractivity contribution is 0.579. The molecular weight excluding hydrogens is 208 g/mol. The summed E-state index contributed by atoms with van der Waals surface area (Å²) in [6.07, 6.45) is 4.59. The Balaban J connectivity index is 2.36. The van der Waals surface area contributed by atoms with Gasteiger partial charge in [-0.25, -0.2) is 0 Å². The molecule has 2 nitrogen and oxygen atoms in total. The maximum Gasteiger partial charge on any atom is 0.0725 e. The summed E-state index contributed by atoms with van der Waals surface area (Å²) in [4.78, 5) is 0. The van der Waals surface area contributed by atoms with Crippen molar-refractivity contribution in [3.8, 4) is 0 Å². The summed E-state index contributed by atoms with van der Waals surface area (Å²) in [5.41, 5.74) is 4.38. The molecule has 0 radical (unpaired) electrons. The molecule has 1 aliphatic rings. The third kappa shape index (κ3) is 1.67. The highest BCUT2D eigenvalue weighted by atomic mass is 15.3. The Bertz CT molecular complexity index is 568.